The molecule has 5 fully saturated rings. The lowest BCUT2D eigenvalue weighted by Gasteiger charge is -2.42. The monoisotopic (exact) mass is 428 g/mol. The summed E-state index contributed by atoms with van der Waals surface area (Å²) in [6, 6.07) is 0.584. The van der Waals surface area contributed by atoms with Crippen LogP contribution in [-0.2, 0) is 4.79 Å². The Balaban J connectivity index is 1.06. The van der Waals surface area contributed by atoms with Gasteiger partial charge >= 0.3 is 6.18 Å². The first-order valence-electron chi connectivity index (χ1n) is 11.9. The van der Waals surface area contributed by atoms with Gasteiger partial charge in [-0.25, -0.2) is 0 Å². The molecule has 2 heterocycles. The van der Waals surface area contributed by atoms with E-state index in [-0.39, 0.29) is 31.5 Å². The molecule has 3 aliphatic carbocycles. The number of hydrogen-bond donors (Lipinski definition) is 2. The number of piperazine rings is 1. The van der Waals surface area contributed by atoms with E-state index < -0.39 is 17.0 Å². The maximum atomic E-state index is 13.5. The quantitative estimate of drug-likeness (QED) is 0.682. The minimum Gasteiger partial charge on any atom is -0.353 e. The number of piperidine rings is 1. The minimum absolute atomic E-state index is 0.0232. The number of rotatable bonds is 6. The molecule has 0 aromatic carbocycles. The van der Waals surface area contributed by atoms with Gasteiger partial charge in [-0.05, 0) is 51.0 Å². The zero-order valence-corrected chi connectivity index (χ0v) is 17.8. The molecule has 2 unspecified atom stereocenters. The van der Waals surface area contributed by atoms with Crippen molar-refractivity contribution in [3.63, 3.8) is 0 Å². The van der Waals surface area contributed by atoms with Crippen LogP contribution >= 0.6 is 0 Å². The third kappa shape index (κ3) is 3.66. The van der Waals surface area contributed by atoms with Crippen LogP contribution in [0.3, 0.4) is 0 Å². The van der Waals surface area contributed by atoms with E-state index in [2.05, 4.69) is 20.4 Å². The normalized spacial score (nSPS) is 40.2. The van der Waals surface area contributed by atoms with Gasteiger partial charge in [-0.15, -0.1) is 0 Å². The van der Waals surface area contributed by atoms with Crippen molar-refractivity contribution in [1.29, 1.82) is 0 Å². The lowest BCUT2D eigenvalue weighted by atomic mass is 9.88. The maximum Gasteiger partial charge on any atom is 0.396 e. The highest BCUT2D eigenvalue weighted by Gasteiger charge is 2.84. The number of nitrogens with one attached hydrogen (secondary N) is 2. The predicted octanol–water partition coefficient (Wildman–Crippen LogP) is 2.37. The molecule has 2 N–H and O–H groups in total. The Kier molecular flexibility index (Phi) is 5.34. The van der Waals surface area contributed by atoms with Crippen LogP contribution in [0.2, 0.25) is 0 Å². The smallest absolute Gasteiger partial charge is 0.353 e. The summed E-state index contributed by atoms with van der Waals surface area (Å²) in [5.74, 6) is 0.613. The Bertz CT molecular complexity index is 653. The first-order chi connectivity index (χ1) is 14.3. The number of fused-ring (bicyclic) bond motifs is 1. The zero-order valence-electron chi connectivity index (χ0n) is 17.8. The molecule has 8 heteroatoms. The number of carbonyl (C=O) groups excluding carboxylic acids is 1. The van der Waals surface area contributed by atoms with Crippen LogP contribution in [0.25, 0.3) is 0 Å². The fraction of sp³-hybridized carbons (Fsp3) is 0.955. The first-order valence-corrected chi connectivity index (χ1v) is 11.9. The second-order valence-corrected chi connectivity index (χ2v) is 10.5. The van der Waals surface area contributed by atoms with Crippen LogP contribution in [0, 0.1) is 16.7 Å². The Morgan fingerprint density at radius 3 is 2.30 bits per heavy atom. The van der Waals surface area contributed by atoms with Crippen molar-refractivity contribution < 1.29 is 18.0 Å². The predicted molar refractivity (Wildman–Crippen MR) is 108 cm³/mol. The van der Waals surface area contributed by atoms with Gasteiger partial charge in [-0.1, -0.05) is 12.8 Å². The van der Waals surface area contributed by atoms with Crippen molar-refractivity contribution in [3.05, 3.63) is 0 Å². The molecule has 30 heavy (non-hydrogen) atoms. The largest absolute Gasteiger partial charge is 0.396 e. The molecular weight excluding hydrogens is 393 g/mol. The van der Waals surface area contributed by atoms with Crippen LogP contribution in [0.4, 0.5) is 13.2 Å². The van der Waals surface area contributed by atoms with Gasteiger partial charge in [0.05, 0.1) is 10.8 Å². The first kappa shape index (κ1) is 21.0. The third-order valence-corrected chi connectivity index (χ3v) is 8.73. The van der Waals surface area contributed by atoms with E-state index in [0.717, 1.165) is 57.8 Å². The van der Waals surface area contributed by atoms with Gasteiger partial charge < -0.3 is 15.5 Å². The third-order valence-electron chi connectivity index (χ3n) is 8.73. The highest BCUT2D eigenvalue weighted by Crippen LogP contribution is 2.73. The highest BCUT2D eigenvalue weighted by molar-refractivity contribution is 5.88. The molecule has 170 valence electrons. The summed E-state index contributed by atoms with van der Waals surface area (Å²) in [5, 5.41) is 5.81. The summed E-state index contributed by atoms with van der Waals surface area (Å²) in [6.45, 7) is 5.82. The number of amides is 1. The fourth-order valence-corrected chi connectivity index (χ4v) is 6.31. The second kappa shape index (κ2) is 7.62. The Hall–Kier alpha value is -0.860. The van der Waals surface area contributed by atoms with E-state index in [1.165, 1.54) is 25.8 Å². The second-order valence-electron chi connectivity index (χ2n) is 10.5. The van der Waals surface area contributed by atoms with Crippen LogP contribution in [-0.4, -0.2) is 79.8 Å². The molecule has 0 aromatic heterocycles. The van der Waals surface area contributed by atoms with Gasteiger partial charge in [0.15, 0.2) is 0 Å². The molecule has 1 amide bonds. The molecule has 5 aliphatic rings. The summed E-state index contributed by atoms with van der Waals surface area (Å²) in [4.78, 5) is 18.0. The summed E-state index contributed by atoms with van der Waals surface area (Å²) >= 11 is 0. The van der Waals surface area contributed by atoms with E-state index in [4.69, 9.17) is 0 Å². The summed E-state index contributed by atoms with van der Waals surface area (Å²) in [5.41, 5.74) is -3.10. The standard InChI is InChI=1S/C22H35F3N4O/c23-22(24,25)21-13-20(21,14-26-15-21)19(30)27-17-3-5-18(6-4-17)29-11-9-28(10-12-29)8-7-16-1-2-16/h16-18,26H,1-15H2,(H,27,30). The summed E-state index contributed by atoms with van der Waals surface area (Å²) < 4.78 is 40.6. The Morgan fingerprint density at radius 2 is 1.70 bits per heavy atom. The molecule has 0 aromatic rings. The topological polar surface area (TPSA) is 47.6 Å². The maximum absolute atomic E-state index is 13.5. The molecule has 0 radical (unpaired) electrons. The van der Waals surface area contributed by atoms with E-state index >= 15 is 0 Å². The highest BCUT2D eigenvalue weighted by atomic mass is 19.4. The van der Waals surface area contributed by atoms with Crippen LogP contribution in [0.15, 0.2) is 0 Å². The number of alkyl halides is 3. The van der Waals surface area contributed by atoms with Gasteiger partial charge in [0.1, 0.15) is 0 Å². The van der Waals surface area contributed by atoms with Crippen LogP contribution < -0.4 is 10.6 Å². The van der Waals surface area contributed by atoms with Crippen LogP contribution in [0.5, 0.6) is 0 Å². The SMILES string of the molecule is O=C(NC1CCC(N2CCN(CCC3CC3)CC2)CC1)C12CNCC1(C(F)(F)F)C2. The number of nitrogens with zero attached hydrogens (tertiary/aromatic N) is 2. The lowest BCUT2D eigenvalue weighted by Crippen LogP contribution is -2.53. The van der Waals surface area contributed by atoms with E-state index in [9.17, 15) is 18.0 Å². The molecule has 2 aliphatic heterocycles. The average Bonchev–Trinajstić information content (AvgIpc) is 3.64. The van der Waals surface area contributed by atoms with Gasteiger partial charge in [0.2, 0.25) is 5.91 Å². The molecular formula is C22H35F3N4O. The Labute approximate surface area is 177 Å². The van der Waals surface area contributed by atoms with Crippen molar-refractivity contribution in [1.82, 2.24) is 20.4 Å². The molecule has 2 saturated heterocycles. The molecule has 0 bridgehead atoms. The minimum atomic E-state index is -4.31. The van der Waals surface area contributed by atoms with Crippen molar-refractivity contribution in [2.45, 2.75) is 69.6 Å². The van der Waals surface area contributed by atoms with E-state index in [1.807, 2.05) is 0 Å². The van der Waals surface area contributed by atoms with Gasteiger partial charge in [0, 0.05) is 51.4 Å². The molecule has 5 nitrogen and oxygen atoms in total. The Morgan fingerprint density at radius 1 is 1.00 bits per heavy atom. The average molecular weight is 429 g/mol. The van der Waals surface area contributed by atoms with Crippen molar-refractivity contribution in [2.24, 2.45) is 16.7 Å². The van der Waals surface area contributed by atoms with Crippen molar-refractivity contribution >= 4 is 5.91 Å². The number of hydrogen-bond acceptors (Lipinski definition) is 4. The summed E-state index contributed by atoms with van der Waals surface area (Å²) in [6.07, 6.45) is 3.66. The van der Waals surface area contributed by atoms with Crippen molar-refractivity contribution in [2.75, 3.05) is 45.8 Å². The molecule has 3 saturated carbocycles. The number of carbonyl (C=O) groups is 1. The van der Waals surface area contributed by atoms with Crippen LogP contribution in [0.1, 0.15) is 51.4 Å². The van der Waals surface area contributed by atoms with Gasteiger partial charge in [-0.2, -0.15) is 13.2 Å². The number of halogens is 3. The van der Waals surface area contributed by atoms with Gasteiger partial charge in [-0.3, -0.25) is 9.69 Å². The lowest BCUT2D eigenvalue weighted by molar-refractivity contribution is -0.192. The summed E-state index contributed by atoms with van der Waals surface area (Å²) in [7, 11) is 0. The zero-order chi connectivity index (χ0) is 21.0. The van der Waals surface area contributed by atoms with Crippen molar-refractivity contribution in [3.8, 4) is 0 Å². The fourth-order valence-electron chi connectivity index (χ4n) is 6.31. The van der Waals surface area contributed by atoms with E-state index in [1.54, 1.807) is 0 Å². The van der Waals surface area contributed by atoms with E-state index in [0.29, 0.717) is 6.04 Å². The molecule has 5 rings (SSSR count). The molecule has 2 atom stereocenters. The molecule has 0 spiro atoms. The van der Waals surface area contributed by atoms with Gasteiger partial charge in [0.25, 0.3) is 0 Å².